The van der Waals surface area contributed by atoms with Crippen LogP contribution in [0.25, 0.3) is 0 Å². The molecule has 1 heteroatoms. The first-order valence-corrected chi connectivity index (χ1v) is 4.36. The van der Waals surface area contributed by atoms with E-state index in [9.17, 15) is 0 Å². The molecule has 1 heterocycles. The zero-order valence-electron chi connectivity index (χ0n) is 7.48. The quantitative estimate of drug-likeness (QED) is 0.653. The first-order chi connectivity index (χ1) is 6.34. The Morgan fingerprint density at radius 3 is 2.38 bits per heavy atom. The van der Waals surface area contributed by atoms with E-state index in [2.05, 4.69) is 37.4 Å². The highest BCUT2D eigenvalue weighted by molar-refractivity contribution is 5.24. The molecule has 1 nitrogen and oxygen atoms in total. The second kappa shape index (κ2) is 3.48. The van der Waals surface area contributed by atoms with Crippen LogP contribution in [-0.4, -0.2) is 4.57 Å². The van der Waals surface area contributed by atoms with Crippen LogP contribution in [0.1, 0.15) is 11.1 Å². The topological polar surface area (TPSA) is 4.93 Å². The first kappa shape index (κ1) is 8.11. The Hall–Kier alpha value is -1.50. The highest BCUT2D eigenvalue weighted by Gasteiger charge is 1.95. The van der Waals surface area contributed by atoms with Gasteiger partial charge in [-0.1, -0.05) is 30.3 Å². The average Bonchev–Trinajstić information content (AvgIpc) is 2.53. The number of rotatable bonds is 2. The van der Waals surface area contributed by atoms with Crippen molar-refractivity contribution in [2.45, 2.75) is 6.42 Å². The van der Waals surface area contributed by atoms with Gasteiger partial charge in [-0.25, -0.2) is 0 Å². The molecule has 0 unspecified atom stereocenters. The zero-order valence-corrected chi connectivity index (χ0v) is 7.48. The fourth-order valence-electron chi connectivity index (χ4n) is 1.43. The molecule has 0 bridgehead atoms. The van der Waals surface area contributed by atoms with Crippen molar-refractivity contribution in [2.75, 3.05) is 0 Å². The van der Waals surface area contributed by atoms with Gasteiger partial charge in [0.15, 0.2) is 0 Å². The largest absolute Gasteiger partial charge is 0.352 e. The fraction of sp³-hybridized carbons (Fsp3) is 0.0833. The summed E-state index contributed by atoms with van der Waals surface area (Å²) < 4.78 is 1.83. The Kier molecular flexibility index (Phi) is 2.17. The summed E-state index contributed by atoms with van der Waals surface area (Å²) in [5.74, 6) is 0. The van der Waals surface area contributed by atoms with E-state index >= 15 is 0 Å². The van der Waals surface area contributed by atoms with Crippen LogP contribution >= 0.6 is 0 Å². The molecule has 1 aromatic heterocycles. The summed E-state index contributed by atoms with van der Waals surface area (Å²) in [5, 5.41) is 0. The molecule has 0 aliphatic carbocycles. The van der Waals surface area contributed by atoms with Gasteiger partial charge in [-0.3, -0.25) is 0 Å². The van der Waals surface area contributed by atoms with Gasteiger partial charge in [-0.15, -0.1) is 0 Å². The minimum atomic E-state index is 0.989. The van der Waals surface area contributed by atoms with Gasteiger partial charge < -0.3 is 4.57 Å². The maximum absolute atomic E-state index is 3.80. The van der Waals surface area contributed by atoms with E-state index in [4.69, 9.17) is 0 Å². The highest BCUT2D eigenvalue weighted by atomic mass is 14.9. The van der Waals surface area contributed by atoms with Crippen molar-refractivity contribution in [3.8, 4) is 0 Å². The minimum absolute atomic E-state index is 0.989. The molecule has 65 valence electrons. The van der Waals surface area contributed by atoms with Crippen molar-refractivity contribution in [2.24, 2.45) is 0 Å². The maximum atomic E-state index is 3.80. The molecule has 1 radical (unpaired) electrons. The van der Waals surface area contributed by atoms with Gasteiger partial charge in [0.2, 0.25) is 0 Å². The smallest absolute Gasteiger partial charge is 0.0399 e. The summed E-state index contributed by atoms with van der Waals surface area (Å²) >= 11 is 0. The monoisotopic (exact) mass is 170 g/mol. The van der Waals surface area contributed by atoms with Crippen molar-refractivity contribution in [1.82, 2.24) is 4.57 Å². The second-order valence-electron chi connectivity index (χ2n) is 3.20. The van der Waals surface area contributed by atoms with Gasteiger partial charge >= 0.3 is 0 Å². The third-order valence-electron chi connectivity index (χ3n) is 2.06. The molecule has 0 aliphatic rings. The van der Waals surface area contributed by atoms with Gasteiger partial charge in [-0.05, 0) is 23.6 Å². The van der Waals surface area contributed by atoms with E-state index in [1.165, 1.54) is 11.1 Å². The lowest BCUT2D eigenvalue weighted by molar-refractivity contribution is 1.07. The molecule has 2 rings (SSSR count). The summed E-state index contributed by atoms with van der Waals surface area (Å²) in [5.41, 5.74) is 2.65. The molecule has 0 spiro atoms. The van der Waals surface area contributed by atoms with Gasteiger partial charge in [0.1, 0.15) is 0 Å². The van der Waals surface area contributed by atoms with Gasteiger partial charge in [0, 0.05) is 19.4 Å². The molecule has 2 aromatic rings. The Bertz CT molecular complexity index is 373. The maximum Gasteiger partial charge on any atom is 0.0399 e. The van der Waals surface area contributed by atoms with E-state index < -0.39 is 0 Å². The Labute approximate surface area is 78.6 Å². The molecule has 0 aliphatic heterocycles. The van der Waals surface area contributed by atoms with Crippen LogP contribution in [0.4, 0.5) is 0 Å². The van der Waals surface area contributed by atoms with Crippen LogP contribution < -0.4 is 0 Å². The molecular formula is C12H12N. The lowest BCUT2D eigenvalue weighted by atomic mass is 10.1. The number of hydrogen-bond donors (Lipinski definition) is 0. The average molecular weight is 170 g/mol. The van der Waals surface area contributed by atoms with E-state index in [0.29, 0.717) is 0 Å². The van der Waals surface area contributed by atoms with Crippen LogP contribution in [0.15, 0.2) is 48.8 Å². The highest BCUT2D eigenvalue weighted by Crippen LogP contribution is 2.08. The molecule has 0 N–H and O–H groups in total. The molecule has 0 fully saturated rings. The molecular weight excluding hydrogens is 158 g/mol. The number of nitrogens with zero attached hydrogens (tertiary/aromatic N) is 1. The van der Waals surface area contributed by atoms with Gasteiger partial charge in [-0.2, -0.15) is 0 Å². The van der Waals surface area contributed by atoms with E-state index in [-0.39, 0.29) is 0 Å². The number of hydrogen-bond acceptors (Lipinski definition) is 0. The van der Waals surface area contributed by atoms with Gasteiger partial charge in [0.25, 0.3) is 0 Å². The van der Waals surface area contributed by atoms with Crippen LogP contribution in [-0.2, 0) is 6.42 Å². The van der Waals surface area contributed by atoms with Crippen molar-refractivity contribution in [1.29, 1.82) is 0 Å². The van der Waals surface area contributed by atoms with E-state index in [1.807, 2.05) is 23.0 Å². The predicted molar refractivity (Wildman–Crippen MR) is 54.4 cm³/mol. The number of benzene rings is 1. The van der Waals surface area contributed by atoms with Crippen molar-refractivity contribution < 1.29 is 0 Å². The van der Waals surface area contributed by atoms with Crippen molar-refractivity contribution in [3.05, 3.63) is 67.0 Å². The molecule has 0 amide bonds. The Balaban J connectivity index is 2.15. The lowest BCUT2D eigenvalue weighted by Gasteiger charge is -1.97. The lowest BCUT2D eigenvalue weighted by Crippen LogP contribution is -1.84. The SMILES string of the molecule is [CH2]n1ccc(Cc2ccccc2)c1. The summed E-state index contributed by atoms with van der Waals surface area (Å²) in [6.07, 6.45) is 5.01. The Morgan fingerprint density at radius 2 is 1.77 bits per heavy atom. The van der Waals surface area contributed by atoms with Gasteiger partial charge in [0.05, 0.1) is 0 Å². The van der Waals surface area contributed by atoms with E-state index in [0.717, 1.165) is 6.42 Å². The standard InChI is InChI=1S/C12H12N/c1-13-8-7-12(10-13)9-11-5-3-2-4-6-11/h2-8,10H,1,9H2. The summed E-state index contributed by atoms with van der Waals surface area (Å²) in [6.45, 7) is 0. The van der Waals surface area contributed by atoms with E-state index in [1.54, 1.807) is 0 Å². The van der Waals surface area contributed by atoms with Crippen molar-refractivity contribution in [3.63, 3.8) is 0 Å². The number of aromatic nitrogens is 1. The molecule has 1 aromatic carbocycles. The molecule has 0 saturated carbocycles. The van der Waals surface area contributed by atoms with Crippen LogP contribution in [0.5, 0.6) is 0 Å². The normalized spacial score (nSPS) is 10.2. The Morgan fingerprint density at radius 1 is 1.00 bits per heavy atom. The van der Waals surface area contributed by atoms with Crippen LogP contribution in [0, 0.1) is 7.05 Å². The zero-order chi connectivity index (χ0) is 9.10. The third kappa shape index (κ3) is 2.00. The summed E-state index contributed by atoms with van der Waals surface area (Å²) in [6, 6.07) is 12.5. The molecule has 13 heavy (non-hydrogen) atoms. The van der Waals surface area contributed by atoms with Crippen LogP contribution in [0.3, 0.4) is 0 Å². The van der Waals surface area contributed by atoms with Crippen molar-refractivity contribution >= 4 is 0 Å². The summed E-state index contributed by atoms with van der Waals surface area (Å²) in [7, 11) is 3.80. The molecule has 0 atom stereocenters. The summed E-state index contributed by atoms with van der Waals surface area (Å²) in [4.78, 5) is 0. The third-order valence-corrected chi connectivity index (χ3v) is 2.06. The predicted octanol–water partition coefficient (Wildman–Crippen LogP) is 2.72. The van der Waals surface area contributed by atoms with Crippen LogP contribution in [0.2, 0.25) is 0 Å². The first-order valence-electron chi connectivity index (χ1n) is 4.36. The fourth-order valence-corrected chi connectivity index (χ4v) is 1.43. The molecule has 0 saturated heterocycles. The minimum Gasteiger partial charge on any atom is -0.352 e. The second-order valence-corrected chi connectivity index (χ2v) is 3.20.